The van der Waals surface area contributed by atoms with Crippen LogP contribution in [0.4, 0.5) is 5.13 Å². The minimum Gasteiger partial charge on any atom is -0.495 e. The number of rotatable bonds is 9. The lowest BCUT2D eigenvalue weighted by Crippen LogP contribution is -2.41. The molecular weight excluding hydrogens is 506 g/mol. The zero-order chi connectivity index (χ0) is 24.9. The van der Waals surface area contributed by atoms with Crippen LogP contribution in [-0.4, -0.2) is 79.0 Å². The molecule has 0 N–H and O–H groups in total. The molecule has 4 rings (SSSR count). The summed E-state index contributed by atoms with van der Waals surface area (Å²) in [6, 6.07) is 3.63. The van der Waals surface area contributed by atoms with Crippen LogP contribution < -0.4 is 19.9 Å². The lowest BCUT2D eigenvalue weighted by atomic mass is 10.2. The van der Waals surface area contributed by atoms with E-state index in [9.17, 15) is 9.59 Å². The third-order valence-electron chi connectivity index (χ3n) is 6.21. The van der Waals surface area contributed by atoms with E-state index in [1.165, 1.54) is 22.2 Å². The number of aryl methyl sites for hydroxylation is 1. The van der Waals surface area contributed by atoms with Crippen LogP contribution in [0.5, 0.6) is 11.5 Å². The lowest BCUT2D eigenvalue weighted by molar-refractivity contribution is -0.119. The van der Waals surface area contributed by atoms with Crippen LogP contribution in [-0.2, 0) is 16.1 Å². The van der Waals surface area contributed by atoms with Crippen LogP contribution in [0.2, 0.25) is 0 Å². The topological polar surface area (TPSA) is 99.0 Å². The molecule has 1 amide bonds. The highest BCUT2D eigenvalue weighted by molar-refractivity contribution is 7.22. The van der Waals surface area contributed by atoms with Crippen LogP contribution >= 0.6 is 23.7 Å². The highest BCUT2D eigenvalue weighted by Gasteiger charge is 2.24. The first-order valence-corrected chi connectivity index (χ1v) is 12.4. The quantitative estimate of drug-likeness (QED) is 0.411. The molecule has 1 aromatic carbocycles. The predicted molar refractivity (Wildman–Crippen MR) is 142 cm³/mol. The summed E-state index contributed by atoms with van der Waals surface area (Å²) in [4.78, 5) is 39.2. The summed E-state index contributed by atoms with van der Waals surface area (Å²) in [6.45, 7) is 7.91. The molecule has 0 aliphatic carbocycles. The van der Waals surface area contributed by atoms with Gasteiger partial charge in [0, 0.05) is 37.4 Å². The van der Waals surface area contributed by atoms with Gasteiger partial charge in [0.2, 0.25) is 5.91 Å². The molecule has 1 aliphatic heterocycles. The van der Waals surface area contributed by atoms with E-state index < -0.39 is 0 Å². The van der Waals surface area contributed by atoms with Crippen molar-refractivity contribution in [2.45, 2.75) is 26.8 Å². The molecular formula is C24H32ClN5O5S. The van der Waals surface area contributed by atoms with Gasteiger partial charge in [-0.1, -0.05) is 11.3 Å². The summed E-state index contributed by atoms with van der Waals surface area (Å²) in [7, 11) is 3.19. The number of benzene rings is 1. The first kappa shape index (κ1) is 27.9. The fourth-order valence-corrected chi connectivity index (χ4v) is 5.13. The number of nitrogens with zero attached hydrogens (tertiary/aromatic N) is 5. The number of amides is 1. The van der Waals surface area contributed by atoms with Crippen molar-refractivity contribution in [2.75, 3.05) is 58.5 Å². The second-order valence-electron chi connectivity index (χ2n) is 8.39. The number of morpholine rings is 1. The summed E-state index contributed by atoms with van der Waals surface area (Å²) in [5.74, 6) is 1.05. The molecule has 0 atom stereocenters. The van der Waals surface area contributed by atoms with Crippen molar-refractivity contribution in [1.29, 1.82) is 0 Å². The Morgan fingerprint density at radius 2 is 1.86 bits per heavy atom. The highest BCUT2D eigenvalue weighted by Crippen LogP contribution is 2.40. The Labute approximate surface area is 220 Å². The lowest BCUT2D eigenvalue weighted by Gasteiger charge is -2.27. The summed E-state index contributed by atoms with van der Waals surface area (Å²) >= 11 is 1.37. The minimum absolute atomic E-state index is 0. The normalized spacial score (nSPS) is 13.9. The van der Waals surface area contributed by atoms with Crippen molar-refractivity contribution < 1.29 is 19.0 Å². The Hall–Kier alpha value is -2.73. The standard InChI is InChI=1S/C24H31N5O5S.ClH/c1-16-17(2)25-15-28(23(16)31)14-20(30)29(9-5-8-27-10-12-34-13-11-27)24-26-21-18(32-3)6-7-19(33-4)22(21)35-24;/h6-7,15H,5,8-14H2,1-4H3;1H. The number of thiazole rings is 1. The largest absolute Gasteiger partial charge is 0.495 e. The number of halogens is 1. The summed E-state index contributed by atoms with van der Waals surface area (Å²) in [6.07, 6.45) is 2.19. The molecule has 2 aromatic heterocycles. The van der Waals surface area contributed by atoms with Crippen molar-refractivity contribution in [3.8, 4) is 11.5 Å². The molecule has 3 heterocycles. The Kier molecular flexibility index (Phi) is 9.66. The number of carbonyl (C=O) groups excluding carboxylic acids is 1. The summed E-state index contributed by atoms with van der Waals surface area (Å²) in [5, 5.41) is 0.541. The van der Waals surface area contributed by atoms with Gasteiger partial charge in [0.05, 0.1) is 33.8 Å². The Bertz CT molecular complexity index is 1220. The Morgan fingerprint density at radius 3 is 2.56 bits per heavy atom. The minimum atomic E-state index is -0.226. The van der Waals surface area contributed by atoms with E-state index in [1.807, 2.05) is 6.07 Å². The zero-order valence-corrected chi connectivity index (χ0v) is 22.6. The number of carbonyl (C=O) groups is 1. The fraction of sp³-hybridized carbons (Fsp3) is 0.500. The van der Waals surface area contributed by atoms with E-state index in [4.69, 9.17) is 19.2 Å². The number of methoxy groups -OCH3 is 2. The molecule has 0 radical (unpaired) electrons. The number of anilines is 1. The molecule has 10 nitrogen and oxygen atoms in total. The van der Waals surface area contributed by atoms with Gasteiger partial charge >= 0.3 is 0 Å². The first-order valence-electron chi connectivity index (χ1n) is 11.6. The second kappa shape index (κ2) is 12.5. The number of aromatic nitrogens is 3. The Balaban J connectivity index is 0.00000361. The van der Waals surface area contributed by atoms with Crippen LogP contribution in [0.1, 0.15) is 17.7 Å². The van der Waals surface area contributed by atoms with Crippen LogP contribution in [0.25, 0.3) is 10.2 Å². The monoisotopic (exact) mass is 537 g/mol. The van der Waals surface area contributed by atoms with Crippen LogP contribution in [0, 0.1) is 13.8 Å². The van der Waals surface area contributed by atoms with Crippen molar-refractivity contribution in [2.24, 2.45) is 0 Å². The number of ether oxygens (including phenoxy) is 3. The Morgan fingerprint density at radius 1 is 1.17 bits per heavy atom. The van der Waals surface area contributed by atoms with Crippen LogP contribution in [0.15, 0.2) is 23.3 Å². The number of hydrogen-bond acceptors (Lipinski definition) is 9. The smallest absolute Gasteiger partial charge is 0.256 e. The maximum Gasteiger partial charge on any atom is 0.256 e. The van der Waals surface area contributed by atoms with Gasteiger partial charge in [-0.05, 0) is 32.4 Å². The van der Waals surface area contributed by atoms with Gasteiger partial charge in [-0.15, -0.1) is 12.4 Å². The highest BCUT2D eigenvalue weighted by atomic mass is 35.5. The van der Waals surface area contributed by atoms with Gasteiger partial charge in [0.25, 0.3) is 5.56 Å². The second-order valence-corrected chi connectivity index (χ2v) is 9.36. The average Bonchev–Trinajstić information content (AvgIpc) is 3.32. The third kappa shape index (κ3) is 5.97. The molecule has 1 fully saturated rings. The SMILES string of the molecule is COc1ccc(OC)c2sc(N(CCCN3CCOCC3)C(=O)Cn3cnc(C)c(C)c3=O)nc12.Cl. The molecule has 0 saturated carbocycles. The molecule has 0 spiro atoms. The van der Waals surface area contributed by atoms with Crippen molar-refractivity contribution >= 4 is 45.0 Å². The van der Waals surface area contributed by atoms with Crippen LogP contribution in [0.3, 0.4) is 0 Å². The maximum absolute atomic E-state index is 13.5. The molecule has 0 unspecified atom stereocenters. The first-order chi connectivity index (χ1) is 16.9. The van der Waals surface area contributed by atoms with Gasteiger partial charge in [-0.25, -0.2) is 9.97 Å². The third-order valence-corrected chi connectivity index (χ3v) is 7.30. The predicted octanol–water partition coefficient (Wildman–Crippen LogP) is 2.66. The summed E-state index contributed by atoms with van der Waals surface area (Å²) in [5.41, 5.74) is 1.62. The van der Waals surface area contributed by atoms with Crippen molar-refractivity contribution in [3.63, 3.8) is 0 Å². The van der Waals surface area contributed by atoms with E-state index in [0.29, 0.717) is 39.9 Å². The molecule has 0 bridgehead atoms. The molecule has 3 aromatic rings. The van der Waals surface area contributed by atoms with Gasteiger partial charge in [-0.2, -0.15) is 0 Å². The van der Waals surface area contributed by atoms with E-state index in [0.717, 1.165) is 44.0 Å². The summed E-state index contributed by atoms with van der Waals surface area (Å²) < 4.78 is 18.6. The molecule has 1 aliphatic rings. The number of hydrogen-bond donors (Lipinski definition) is 0. The molecule has 1 saturated heterocycles. The van der Waals surface area contributed by atoms with Gasteiger partial charge in [-0.3, -0.25) is 24.0 Å². The van der Waals surface area contributed by atoms with E-state index in [2.05, 4.69) is 9.88 Å². The van der Waals surface area contributed by atoms with E-state index in [1.54, 1.807) is 39.0 Å². The van der Waals surface area contributed by atoms with Crippen molar-refractivity contribution in [3.05, 3.63) is 40.1 Å². The fourth-order valence-electron chi connectivity index (χ4n) is 4.01. The van der Waals surface area contributed by atoms with Gasteiger partial charge < -0.3 is 14.2 Å². The van der Waals surface area contributed by atoms with E-state index >= 15 is 0 Å². The molecule has 36 heavy (non-hydrogen) atoms. The zero-order valence-electron chi connectivity index (χ0n) is 21.0. The molecule has 196 valence electrons. The van der Waals surface area contributed by atoms with E-state index in [-0.39, 0.29) is 30.4 Å². The average molecular weight is 538 g/mol. The maximum atomic E-state index is 13.5. The van der Waals surface area contributed by atoms with Gasteiger partial charge in [0.15, 0.2) is 5.13 Å². The number of fused-ring (bicyclic) bond motifs is 1. The van der Waals surface area contributed by atoms with Crippen molar-refractivity contribution in [1.82, 2.24) is 19.4 Å². The van der Waals surface area contributed by atoms with Gasteiger partial charge in [0.1, 0.15) is 28.3 Å². The molecule has 12 heteroatoms.